The molecule has 0 radical (unpaired) electrons. The molecule has 2 aromatic carbocycles. The van der Waals surface area contributed by atoms with Gasteiger partial charge in [-0.05, 0) is 42.0 Å². The van der Waals surface area contributed by atoms with Crippen LogP contribution >= 0.6 is 0 Å². The largest absolute Gasteiger partial charge is 0.322 e. The molecule has 0 unspecified atom stereocenters. The van der Waals surface area contributed by atoms with Crippen LogP contribution in [0.4, 0.5) is 23.7 Å². The Morgan fingerprint density at radius 1 is 1.03 bits per heavy atom. The molecular formula is C22H16F3N5O. The third kappa shape index (κ3) is 3.70. The van der Waals surface area contributed by atoms with E-state index in [-0.39, 0.29) is 24.6 Å². The lowest BCUT2D eigenvalue weighted by molar-refractivity contribution is 0.0974. The quantitative estimate of drug-likeness (QED) is 0.526. The number of hydrogen-bond acceptors (Lipinski definition) is 3. The first kappa shape index (κ1) is 19.1. The standard InChI is InChI=1S/C22H16F3N5O/c23-16-3-1-13(2-4-16)14-7-15-10-30(28-21(15)26-9-14)20-8-18(5-6-19(20)25)27-22(31)29-11-17(24)12-29/h1-10,17H,11-12H2,(H,27,31). The highest BCUT2D eigenvalue weighted by Gasteiger charge is 2.30. The molecule has 1 saturated heterocycles. The van der Waals surface area contributed by atoms with Crippen LogP contribution in [0.3, 0.4) is 0 Å². The predicted octanol–water partition coefficient (Wildman–Crippen LogP) is 4.55. The molecule has 3 heterocycles. The van der Waals surface area contributed by atoms with Gasteiger partial charge in [-0.3, -0.25) is 0 Å². The Kier molecular flexibility index (Phi) is 4.58. The van der Waals surface area contributed by atoms with E-state index in [0.29, 0.717) is 16.7 Å². The molecule has 6 nitrogen and oxygen atoms in total. The Bertz CT molecular complexity index is 1280. The van der Waals surface area contributed by atoms with E-state index in [0.717, 1.165) is 11.1 Å². The van der Waals surface area contributed by atoms with Crippen LogP contribution in [0.5, 0.6) is 0 Å². The number of likely N-dealkylation sites (tertiary alicyclic amines) is 1. The summed E-state index contributed by atoms with van der Waals surface area (Å²) >= 11 is 0. The minimum Gasteiger partial charge on any atom is -0.319 e. The number of nitrogens with zero attached hydrogens (tertiary/aromatic N) is 4. The van der Waals surface area contributed by atoms with Gasteiger partial charge in [0.25, 0.3) is 0 Å². The molecule has 9 heteroatoms. The molecule has 0 atom stereocenters. The van der Waals surface area contributed by atoms with Crippen molar-refractivity contribution in [3.63, 3.8) is 0 Å². The fourth-order valence-electron chi connectivity index (χ4n) is 3.40. The zero-order valence-electron chi connectivity index (χ0n) is 16.1. The van der Waals surface area contributed by atoms with Gasteiger partial charge in [-0.1, -0.05) is 12.1 Å². The normalized spacial score (nSPS) is 14.0. The minimum absolute atomic E-state index is 0.0481. The molecule has 1 N–H and O–H groups in total. The van der Waals surface area contributed by atoms with E-state index < -0.39 is 18.0 Å². The van der Waals surface area contributed by atoms with E-state index >= 15 is 0 Å². The maximum atomic E-state index is 14.5. The number of pyridine rings is 1. The number of alkyl halides is 1. The van der Waals surface area contributed by atoms with E-state index in [1.54, 1.807) is 24.5 Å². The van der Waals surface area contributed by atoms with Crippen molar-refractivity contribution in [1.29, 1.82) is 0 Å². The van der Waals surface area contributed by atoms with Crippen molar-refractivity contribution in [2.45, 2.75) is 6.17 Å². The Balaban J connectivity index is 1.44. The van der Waals surface area contributed by atoms with E-state index in [2.05, 4.69) is 15.4 Å². The van der Waals surface area contributed by atoms with Gasteiger partial charge in [0.15, 0.2) is 5.65 Å². The highest BCUT2D eigenvalue weighted by atomic mass is 19.1. The van der Waals surface area contributed by atoms with Crippen molar-refractivity contribution >= 4 is 22.8 Å². The summed E-state index contributed by atoms with van der Waals surface area (Å²) in [5, 5.41) is 7.63. The zero-order chi connectivity index (χ0) is 21.5. The number of fused-ring (bicyclic) bond motifs is 1. The summed E-state index contributed by atoms with van der Waals surface area (Å²) in [6, 6.07) is 11.5. The molecule has 156 valence electrons. The second-order valence-corrected chi connectivity index (χ2v) is 7.32. The number of anilines is 1. The number of carbonyl (C=O) groups excluding carboxylic acids is 1. The zero-order valence-corrected chi connectivity index (χ0v) is 16.1. The van der Waals surface area contributed by atoms with Crippen LogP contribution in [0.2, 0.25) is 0 Å². The molecule has 0 spiro atoms. The topological polar surface area (TPSA) is 63.1 Å². The number of aromatic nitrogens is 3. The number of carbonyl (C=O) groups is 1. The molecule has 4 aromatic rings. The van der Waals surface area contributed by atoms with E-state index in [9.17, 15) is 18.0 Å². The smallest absolute Gasteiger partial charge is 0.319 e. The summed E-state index contributed by atoms with van der Waals surface area (Å²) in [7, 11) is 0. The van der Waals surface area contributed by atoms with Gasteiger partial charge < -0.3 is 10.2 Å². The number of hydrogen-bond donors (Lipinski definition) is 1. The average molecular weight is 423 g/mol. The second kappa shape index (κ2) is 7.42. The summed E-state index contributed by atoms with van der Waals surface area (Å²) < 4.78 is 42.0. The summed E-state index contributed by atoms with van der Waals surface area (Å²) in [4.78, 5) is 17.8. The molecule has 0 bridgehead atoms. The van der Waals surface area contributed by atoms with Crippen molar-refractivity contribution in [1.82, 2.24) is 19.7 Å². The predicted molar refractivity (Wildman–Crippen MR) is 110 cm³/mol. The average Bonchev–Trinajstić information content (AvgIpc) is 3.16. The molecule has 5 rings (SSSR count). The molecule has 1 aliphatic heterocycles. The Hall–Kier alpha value is -3.88. The number of rotatable bonds is 3. The SMILES string of the molecule is O=C(Nc1ccc(F)c(-n2cc3cc(-c4ccc(F)cc4)cnc3n2)c1)N1CC(F)C1. The summed E-state index contributed by atoms with van der Waals surface area (Å²) in [6.07, 6.45) is 2.24. The van der Waals surface area contributed by atoms with Gasteiger partial charge in [-0.25, -0.2) is 27.6 Å². The van der Waals surface area contributed by atoms with Crippen LogP contribution in [0.25, 0.3) is 27.8 Å². The fourth-order valence-corrected chi connectivity index (χ4v) is 3.40. The fraction of sp³-hybridized carbons (Fsp3) is 0.136. The number of halogens is 3. The first-order chi connectivity index (χ1) is 15.0. The number of nitrogens with one attached hydrogen (secondary N) is 1. The van der Waals surface area contributed by atoms with Gasteiger partial charge in [-0.15, -0.1) is 5.10 Å². The maximum Gasteiger partial charge on any atom is 0.322 e. The summed E-state index contributed by atoms with van der Waals surface area (Å²) in [5.74, 6) is -0.857. The van der Waals surface area contributed by atoms with Gasteiger partial charge in [0.2, 0.25) is 0 Å². The van der Waals surface area contributed by atoms with E-state index in [4.69, 9.17) is 0 Å². The van der Waals surface area contributed by atoms with Gasteiger partial charge in [-0.2, -0.15) is 0 Å². The maximum absolute atomic E-state index is 14.5. The first-order valence-corrected chi connectivity index (χ1v) is 9.57. The molecule has 1 fully saturated rings. The number of amides is 2. The van der Waals surface area contributed by atoms with Gasteiger partial charge >= 0.3 is 6.03 Å². The number of urea groups is 1. The molecule has 1 aliphatic rings. The Morgan fingerprint density at radius 2 is 1.81 bits per heavy atom. The lowest BCUT2D eigenvalue weighted by Gasteiger charge is -2.34. The lowest BCUT2D eigenvalue weighted by Crippen LogP contribution is -2.53. The monoisotopic (exact) mass is 423 g/mol. The molecule has 2 aromatic heterocycles. The van der Waals surface area contributed by atoms with Crippen molar-refractivity contribution in [3.05, 3.63) is 72.6 Å². The van der Waals surface area contributed by atoms with Gasteiger partial charge in [0.1, 0.15) is 23.5 Å². The van der Waals surface area contributed by atoms with Crippen LogP contribution in [0.15, 0.2) is 60.9 Å². The van der Waals surface area contributed by atoms with E-state index in [1.807, 2.05) is 6.07 Å². The highest BCUT2D eigenvalue weighted by molar-refractivity contribution is 5.90. The van der Waals surface area contributed by atoms with Crippen LogP contribution < -0.4 is 5.32 Å². The van der Waals surface area contributed by atoms with Gasteiger partial charge in [0.05, 0.1) is 13.1 Å². The van der Waals surface area contributed by atoms with Crippen LogP contribution in [-0.4, -0.2) is 45.0 Å². The Labute approximate surface area is 174 Å². The Morgan fingerprint density at radius 3 is 2.55 bits per heavy atom. The van der Waals surface area contributed by atoms with Crippen molar-refractivity contribution in [2.75, 3.05) is 18.4 Å². The van der Waals surface area contributed by atoms with Gasteiger partial charge in [0, 0.05) is 29.0 Å². The van der Waals surface area contributed by atoms with Crippen molar-refractivity contribution in [3.8, 4) is 16.8 Å². The highest BCUT2D eigenvalue weighted by Crippen LogP contribution is 2.25. The first-order valence-electron chi connectivity index (χ1n) is 9.57. The third-order valence-electron chi connectivity index (χ3n) is 5.10. The second-order valence-electron chi connectivity index (χ2n) is 7.32. The van der Waals surface area contributed by atoms with Crippen molar-refractivity contribution in [2.24, 2.45) is 0 Å². The molecule has 0 saturated carbocycles. The molecule has 0 aliphatic carbocycles. The van der Waals surface area contributed by atoms with Crippen molar-refractivity contribution < 1.29 is 18.0 Å². The van der Waals surface area contributed by atoms with Crippen LogP contribution in [0, 0.1) is 11.6 Å². The third-order valence-corrected chi connectivity index (χ3v) is 5.10. The van der Waals surface area contributed by atoms with Crippen LogP contribution in [-0.2, 0) is 0 Å². The lowest BCUT2D eigenvalue weighted by atomic mass is 10.1. The molecule has 31 heavy (non-hydrogen) atoms. The molecular weight excluding hydrogens is 407 g/mol. The van der Waals surface area contributed by atoms with Crippen LogP contribution in [0.1, 0.15) is 0 Å². The summed E-state index contributed by atoms with van der Waals surface area (Å²) in [6.45, 7) is 0.0962. The molecule has 2 amide bonds. The van der Waals surface area contributed by atoms with E-state index in [1.165, 1.54) is 39.9 Å². The summed E-state index contributed by atoms with van der Waals surface area (Å²) in [5.41, 5.74) is 2.47. The number of benzene rings is 2. The minimum atomic E-state index is -1.00.